The van der Waals surface area contributed by atoms with Gasteiger partial charge in [0.05, 0.1) is 0 Å². The van der Waals surface area contributed by atoms with Crippen LogP contribution in [-0.2, 0) is 9.53 Å². The van der Waals surface area contributed by atoms with Crippen molar-refractivity contribution in [2.75, 3.05) is 6.61 Å². The van der Waals surface area contributed by atoms with Crippen LogP contribution in [0.15, 0.2) is 18.2 Å². The van der Waals surface area contributed by atoms with E-state index < -0.39 is 0 Å². The fourth-order valence-electron chi connectivity index (χ4n) is 1.79. The quantitative estimate of drug-likeness (QED) is 0.728. The maximum atomic E-state index is 10.6. The molecule has 1 aromatic rings. The number of hydrogen-bond acceptors (Lipinski definition) is 2. The second kappa shape index (κ2) is 5.50. The van der Waals surface area contributed by atoms with Gasteiger partial charge in [0, 0.05) is 6.92 Å². The first kappa shape index (κ1) is 12.5. The van der Waals surface area contributed by atoms with Crippen LogP contribution in [0.3, 0.4) is 0 Å². The topological polar surface area (TPSA) is 26.3 Å². The van der Waals surface area contributed by atoms with Crippen LogP contribution in [0.4, 0.5) is 0 Å². The highest BCUT2D eigenvalue weighted by molar-refractivity contribution is 5.66. The molecule has 0 heterocycles. The first-order valence-electron chi connectivity index (χ1n) is 5.38. The lowest BCUT2D eigenvalue weighted by molar-refractivity contribution is -0.139. The molecule has 0 aliphatic carbocycles. The van der Waals surface area contributed by atoms with Crippen molar-refractivity contribution >= 4 is 12.0 Å². The molecular formula is C14H18O2. The molecule has 16 heavy (non-hydrogen) atoms. The minimum Gasteiger partial charge on any atom is -0.462 e. The standard InChI is InChI=1S/C14H18O2/c1-10-8-11(2)14(12(3)9-10)6-5-7-16-13(4)15/h5-6,8-9H,7H2,1-4H3/b6-5+. The van der Waals surface area contributed by atoms with Crippen LogP contribution < -0.4 is 0 Å². The zero-order valence-corrected chi connectivity index (χ0v) is 10.3. The molecule has 0 unspecified atom stereocenters. The van der Waals surface area contributed by atoms with Gasteiger partial charge in [0.25, 0.3) is 0 Å². The molecule has 0 N–H and O–H groups in total. The molecule has 0 radical (unpaired) electrons. The van der Waals surface area contributed by atoms with Gasteiger partial charge in [-0.1, -0.05) is 23.8 Å². The van der Waals surface area contributed by atoms with Gasteiger partial charge in [0.2, 0.25) is 0 Å². The predicted molar refractivity (Wildman–Crippen MR) is 66.3 cm³/mol. The van der Waals surface area contributed by atoms with Crippen molar-refractivity contribution in [2.24, 2.45) is 0 Å². The molecule has 0 bridgehead atoms. The zero-order chi connectivity index (χ0) is 12.1. The van der Waals surface area contributed by atoms with Crippen molar-refractivity contribution < 1.29 is 9.53 Å². The molecule has 0 fully saturated rings. The van der Waals surface area contributed by atoms with Gasteiger partial charge >= 0.3 is 5.97 Å². The Kier molecular flexibility index (Phi) is 4.29. The van der Waals surface area contributed by atoms with Gasteiger partial charge in [-0.15, -0.1) is 0 Å². The Bertz CT molecular complexity index is 394. The summed E-state index contributed by atoms with van der Waals surface area (Å²) in [5.74, 6) is -0.248. The summed E-state index contributed by atoms with van der Waals surface area (Å²) in [5, 5.41) is 0. The summed E-state index contributed by atoms with van der Waals surface area (Å²) in [5.41, 5.74) is 4.97. The van der Waals surface area contributed by atoms with Crippen molar-refractivity contribution in [3.63, 3.8) is 0 Å². The maximum absolute atomic E-state index is 10.6. The Morgan fingerprint density at radius 2 is 1.81 bits per heavy atom. The van der Waals surface area contributed by atoms with E-state index in [9.17, 15) is 4.79 Å². The van der Waals surface area contributed by atoms with Gasteiger partial charge in [0.15, 0.2) is 0 Å². The lowest BCUT2D eigenvalue weighted by Gasteiger charge is -2.07. The Morgan fingerprint density at radius 1 is 1.25 bits per heavy atom. The largest absolute Gasteiger partial charge is 0.462 e. The molecule has 0 saturated carbocycles. The summed E-state index contributed by atoms with van der Waals surface area (Å²) in [6.07, 6.45) is 3.87. The first-order chi connectivity index (χ1) is 7.50. The van der Waals surface area contributed by atoms with E-state index in [1.165, 1.54) is 29.2 Å². The lowest BCUT2D eigenvalue weighted by Crippen LogP contribution is -1.97. The van der Waals surface area contributed by atoms with Crippen molar-refractivity contribution in [2.45, 2.75) is 27.7 Å². The number of hydrogen-bond donors (Lipinski definition) is 0. The van der Waals surface area contributed by atoms with Gasteiger partial charge in [-0.3, -0.25) is 4.79 Å². The molecule has 0 aliphatic heterocycles. The van der Waals surface area contributed by atoms with Crippen molar-refractivity contribution in [3.8, 4) is 0 Å². The van der Waals surface area contributed by atoms with Crippen molar-refractivity contribution in [3.05, 3.63) is 40.5 Å². The number of aryl methyl sites for hydroxylation is 3. The molecule has 86 valence electrons. The number of benzene rings is 1. The maximum Gasteiger partial charge on any atom is 0.302 e. The first-order valence-corrected chi connectivity index (χ1v) is 5.38. The molecule has 0 aromatic heterocycles. The van der Waals surface area contributed by atoms with Crippen molar-refractivity contribution in [1.82, 2.24) is 0 Å². The summed E-state index contributed by atoms with van der Waals surface area (Å²) in [7, 11) is 0. The molecule has 1 rings (SSSR count). The van der Waals surface area contributed by atoms with Crippen LogP contribution in [0.5, 0.6) is 0 Å². The number of carbonyl (C=O) groups excluding carboxylic acids is 1. The third kappa shape index (κ3) is 3.54. The minimum atomic E-state index is -0.248. The Hall–Kier alpha value is -1.57. The molecule has 0 aliphatic rings. The fourth-order valence-corrected chi connectivity index (χ4v) is 1.79. The van der Waals surface area contributed by atoms with Crippen LogP contribution in [0, 0.1) is 20.8 Å². The summed E-state index contributed by atoms with van der Waals surface area (Å²) < 4.78 is 4.84. The van der Waals surface area contributed by atoms with Crippen LogP contribution in [0.2, 0.25) is 0 Å². The van der Waals surface area contributed by atoms with Gasteiger partial charge in [0.1, 0.15) is 6.61 Å². The van der Waals surface area contributed by atoms with E-state index in [2.05, 4.69) is 32.9 Å². The normalized spacial score (nSPS) is 10.8. The van der Waals surface area contributed by atoms with Crippen LogP contribution in [0.25, 0.3) is 6.08 Å². The van der Waals surface area contributed by atoms with E-state index in [-0.39, 0.29) is 5.97 Å². The van der Waals surface area contributed by atoms with E-state index in [0.29, 0.717) is 6.61 Å². The number of esters is 1. The molecule has 1 aromatic carbocycles. The summed E-state index contributed by atoms with van der Waals surface area (Å²) in [6, 6.07) is 4.30. The molecule has 0 atom stereocenters. The Labute approximate surface area is 96.9 Å². The van der Waals surface area contributed by atoms with Gasteiger partial charge in [-0.2, -0.15) is 0 Å². The third-order valence-electron chi connectivity index (χ3n) is 2.41. The smallest absolute Gasteiger partial charge is 0.302 e. The Morgan fingerprint density at radius 3 is 2.31 bits per heavy atom. The molecule has 2 heteroatoms. The van der Waals surface area contributed by atoms with Crippen LogP contribution in [0.1, 0.15) is 29.2 Å². The highest BCUT2D eigenvalue weighted by Gasteiger charge is 1.99. The van der Waals surface area contributed by atoms with Crippen LogP contribution >= 0.6 is 0 Å². The highest BCUT2D eigenvalue weighted by Crippen LogP contribution is 2.17. The average molecular weight is 218 g/mol. The molecule has 0 amide bonds. The SMILES string of the molecule is CC(=O)OC/C=C/c1c(C)cc(C)cc1C. The van der Waals surface area contributed by atoms with Gasteiger partial charge in [-0.25, -0.2) is 0 Å². The van der Waals surface area contributed by atoms with E-state index in [1.54, 1.807) is 0 Å². The summed E-state index contributed by atoms with van der Waals surface area (Å²) in [6.45, 7) is 8.02. The highest BCUT2D eigenvalue weighted by atomic mass is 16.5. The monoisotopic (exact) mass is 218 g/mol. The second-order valence-corrected chi connectivity index (χ2v) is 4.02. The summed E-state index contributed by atoms with van der Waals surface area (Å²) in [4.78, 5) is 10.6. The summed E-state index contributed by atoms with van der Waals surface area (Å²) >= 11 is 0. The second-order valence-electron chi connectivity index (χ2n) is 4.02. The van der Waals surface area contributed by atoms with Gasteiger partial charge in [-0.05, 0) is 43.5 Å². The van der Waals surface area contributed by atoms with E-state index >= 15 is 0 Å². The van der Waals surface area contributed by atoms with E-state index in [4.69, 9.17) is 4.74 Å². The Balaban J connectivity index is 2.77. The molecular weight excluding hydrogens is 200 g/mol. The van der Waals surface area contributed by atoms with Gasteiger partial charge < -0.3 is 4.74 Å². The molecule has 2 nitrogen and oxygen atoms in total. The predicted octanol–water partition coefficient (Wildman–Crippen LogP) is 3.19. The van der Waals surface area contributed by atoms with E-state index in [0.717, 1.165) is 0 Å². The minimum absolute atomic E-state index is 0.248. The lowest BCUT2D eigenvalue weighted by atomic mass is 9.99. The van der Waals surface area contributed by atoms with Crippen molar-refractivity contribution in [1.29, 1.82) is 0 Å². The molecule has 0 spiro atoms. The zero-order valence-electron chi connectivity index (χ0n) is 10.3. The number of rotatable bonds is 3. The average Bonchev–Trinajstić information content (AvgIpc) is 2.14. The fraction of sp³-hybridized carbons (Fsp3) is 0.357. The number of carbonyl (C=O) groups is 1. The van der Waals surface area contributed by atoms with Crippen LogP contribution in [-0.4, -0.2) is 12.6 Å². The third-order valence-corrected chi connectivity index (χ3v) is 2.41. The van der Waals surface area contributed by atoms with E-state index in [1.807, 2.05) is 12.2 Å². The molecule has 0 saturated heterocycles. The number of ether oxygens (including phenoxy) is 1.